The van der Waals surface area contributed by atoms with Gasteiger partial charge in [0.05, 0.1) is 10.7 Å². The molecule has 6 heteroatoms. The summed E-state index contributed by atoms with van der Waals surface area (Å²) in [5.74, 6) is 1.03. The van der Waals surface area contributed by atoms with E-state index in [1.54, 1.807) is 23.9 Å². The molecule has 0 unspecified atom stereocenters. The first kappa shape index (κ1) is 16.0. The predicted octanol–water partition coefficient (Wildman–Crippen LogP) is 3.51. The van der Waals surface area contributed by atoms with E-state index in [1.807, 2.05) is 18.2 Å². The molecule has 0 aliphatic heterocycles. The number of rotatable bonds is 7. The Balaban J connectivity index is 1.74. The van der Waals surface area contributed by atoms with Gasteiger partial charge in [-0.25, -0.2) is 0 Å². The first-order chi connectivity index (χ1) is 10.6. The number of benzene rings is 2. The number of hydrogen-bond donors (Lipinski definition) is 1. The minimum atomic E-state index is -0.482. The van der Waals surface area contributed by atoms with Crippen LogP contribution in [0.25, 0.3) is 0 Å². The fourth-order valence-electron chi connectivity index (χ4n) is 1.89. The number of nitrogens with zero attached hydrogens (tertiary/aromatic N) is 1. The van der Waals surface area contributed by atoms with E-state index in [4.69, 9.17) is 0 Å². The van der Waals surface area contributed by atoms with Gasteiger partial charge in [0, 0.05) is 17.8 Å². The normalized spacial score (nSPS) is 10.2. The highest BCUT2D eigenvalue weighted by Crippen LogP contribution is 2.17. The maximum atomic E-state index is 11.8. The van der Waals surface area contributed by atoms with Crippen molar-refractivity contribution in [1.82, 2.24) is 0 Å². The molecular formula is C16H16N2O3S. The van der Waals surface area contributed by atoms with E-state index in [1.165, 1.54) is 17.7 Å². The molecule has 2 aromatic rings. The number of nitrogens with one attached hydrogen (secondary N) is 1. The lowest BCUT2D eigenvalue weighted by molar-refractivity contribution is -0.384. The molecule has 22 heavy (non-hydrogen) atoms. The van der Waals surface area contributed by atoms with Gasteiger partial charge in [0.1, 0.15) is 0 Å². The van der Waals surface area contributed by atoms with E-state index < -0.39 is 4.92 Å². The van der Waals surface area contributed by atoms with Gasteiger partial charge in [-0.1, -0.05) is 36.4 Å². The van der Waals surface area contributed by atoms with Crippen LogP contribution in [-0.2, 0) is 11.2 Å². The third kappa shape index (κ3) is 5.21. The smallest absolute Gasteiger partial charge is 0.271 e. The van der Waals surface area contributed by atoms with Gasteiger partial charge in [-0.2, -0.15) is 11.8 Å². The lowest BCUT2D eigenvalue weighted by atomic mass is 10.2. The highest BCUT2D eigenvalue weighted by atomic mass is 32.2. The Hall–Kier alpha value is -2.34. The zero-order valence-electron chi connectivity index (χ0n) is 11.9. The van der Waals surface area contributed by atoms with Crippen LogP contribution in [-0.4, -0.2) is 22.3 Å². The van der Waals surface area contributed by atoms with Crippen molar-refractivity contribution in [3.63, 3.8) is 0 Å². The third-order valence-corrected chi connectivity index (χ3v) is 3.91. The summed E-state index contributed by atoms with van der Waals surface area (Å²) in [4.78, 5) is 22.0. The largest absolute Gasteiger partial charge is 0.325 e. The van der Waals surface area contributed by atoms with Crippen LogP contribution in [0.1, 0.15) is 5.56 Å². The fraction of sp³-hybridized carbons (Fsp3) is 0.188. The van der Waals surface area contributed by atoms with Crippen molar-refractivity contribution in [2.45, 2.75) is 6.42 Å². The molecule has 2 aromatic carbocycles. The average Bonchev–Trinajstić information content (AvgIpc) is 2.53. The van der Waals surface area contributed by atoms with Crippen molar-refractivity contribution in [2.24, 2.45) is 0 Å². The van der Waals surface area contributed by atoms with Crippen LogP contribution < -0.4 is 5.32 Å². The molecule has 0 bridgehead atoms. The quantitative estimate of drug-likeness (QED) is 0.482. The summed E-state index contributed by atoms with van der Waals surface area (Å²) in [6, 6.07) is 16.0. The number of nitro benzene ring substituents is 1. The second kappa shape index (κ2) is 8.19. The van der Waals surface area contributed by atoms with Crippen molar-refractivity contribution in [1.29, 1.82) is 0 Å². The molecule has 0 fully saturated rings. The Morgan fingerprint density at radius 2 is 1.91 bits per heavy atom. The molecule has 114 valence electrons. The lowest BCUT2D eigenvalue weighted by Crippen LogP contribution is -2.14. The van der Waals surface area contributed by atoms with E-state index in [-0.39, 0.29) is 11.6 Å². The first-order valence-electron chi connectivity index (χ1n) is 6.81. The van der Waals surface area contributed by atoms with E-state index in [9.17, 15) is 14.9 Å². The molecule has 0 aliphatic rings. The minimum absolute atomic E-state index is 0.0328. The van der Waals surface area contributed by atoms with Crippen molar-refractivity contribution >= 4 is 29.0 Å². The number of non-ortho nitro benzene ring substituents is 1. The molecule has 0 saturated carbocycles. The summed E-state index contributed by atoms with van der Waals surface area (Å²) in [5.41, 5.74) is 1.66. The Morgan fingerprint density at radius 3 is 2.64 bits per heavy atom. The van der Waals surface area contributed by atoms with Gasteiger partial charge < -0.3 is 5.32 Å². The number of amides is 1. The topological polar surface area (TPSA) is 72.2 Å². The highest BCUT2D eigenvalue weighted by Gasteiger charge is 2.08. The van der Waals surface area contributed by atoms with Gasteiger partial charge in [0.2, 0.25) is 5.91 Å². The first-order valence-corrected chi connectivity index (χ1v) is 7.96. The predicted molar refractivity (Wildman–Crippen MR) is 89.2 cm³/mol. The van der Waals surface area contributed by atoms with Crippen molar-refractivity contribution < 1.29 is 9.72 Å². The number of anilines is 1. The number of nitro groups is 1. The molecule has 0 spiro atoms. The highest BCUT2D eigenvalue weighted by molar-refractivity contribution is 7.99. The van der Waals surface area contributed by atoms with E-state index in [0.717, 1.165) is 12.2 Å². The molecule has 5 nitrogen and oxygen atoms in total. The van der Waals surface area contributed by atoms with Gasteiger partial charge >= 0.3 is 0 Å². The van der Waals surface area contributed by atoms with Gasteiger partial charge in [0.25, 0.3) is 5.69 Å². The zero-order chi connectivity index (χ0) is 15.8. The monoisotopic (exact) mass is 316 g/mol. The van der Waals surface area contributed by atoms with E-state index in [2.05, 4.69) is 17.4 Å². The zero-order valence-corrected chi connectivity index (χ0v) is 12.7. The number of hydrogen-bond acceptors (Lipinski definition) is 4. The summed E-state index contributed by atoms with van der Waals surface area (Å²) in [6.07, 6.45) is 0.912. The SMILES string of the molecule is O=C(CSCCc1ccccc1)Nc1cccc([N+](=O)[O-])c1. The Bertz CT molecular complexity index is 647. The standard InChI is InChI=1S/C16H16N2O3S/c19-16(12-22-10-9-13-5-2-1-3-6-13)17-14-7-4-8-15(11-14)18(20)21/h1-8,11H,9-10,12H2,(H,17,19). The van der Waals surface area contributed by atoms with Gasteiger partial charge in [-0.3, -0.25) is 14.9 Å². The molecule has 2 rings (SSSR count). The van der Waals surface area contributed by atoms with Crippen molar-refractivity contribution in [2.75, 3.05) is 16.8 Å². The van der Waals surface area contributed by atoms with Crippen LogP contribution in [0.15, 0.2) is 54.6 Å². The molecule has 0 heterocycles. The van der Waals surface area contributed by atoms with Gasteiger partial charge in [-0.15, -0.1) is 0 Å². The molecule has 0 radical (unpaired) electrons. The summed E-state index contributed by atoms with van der Waals surface area (Å²) in [7, 11) is 0. The second-order valence-electron chi connectivity index (χ2n) is 4.64. The number of aryl methyl sites for hydroxylation is 1. The minimum Gasteiger partial charge on any atom is -0.325 e. The molecular weight excluding hydrogens is 300 g/mol. The van der Waals surface area contributed by atoms with Crippen LogP contribution in [0.2, 0.25) is 0 Å². The summed E-state index contributed by atoms with van der Waals surface area (Å²) >= 11 is 1.54. The maximum Gasteiger partial charge on any atom is 0.271 e. The Kier molecular flexibility index (Phi) is 5.97. The second-order valence-corrected chi connectivity index (χ2v) is 5.75. The maximum absolute atomic E-state index is 11.8. The molecule has 0 aliphatic carbocycles. The lowest BCUT2D eigenvalue weighted by Gasteiger charge is -2.05. The molecule has 0 atom stereocenters. The van der Waals surface area contributed by atoms with Crippen LogP contribution in [0.3, 0.4) is 0 Å². The number of thioether (sulfide) groups is 1. The summed E-state index contributed by atoms with van der Waals surface area (Å²) in [6.45, 7) is 0. The van der Waals surface area contributed by atoms with Crippen LogP contribution in [0.5, 0.6) is 0 Å². The van der Waals surface area contributed by atoms with Crippen LogP contribution >= 0.6 is 11.8 Å². The van der Waals surface area contributed by atoms with Crippen LogP contribution in [0, 0.1) is 10.1 Å². The molecule has 1 amide bonds. The van der Waals surface area contributed by atoms with Crippen LogP contribution in [0.4, 0.5) is 11.4 Å². The number of carbonyl (C=O) groups is 1. The van der Waals surface area contributed by atoms with Crippen molar-refractivity contribution in [3.8, 4) is 0 Å². The average molecular weight is 316 g/mol. The number of carbonyl (C=O) groups excluding carboxylic acids is 1. The van der Waals surface area contributed by atoms with E-state index in [0.29, 0.717) is 11.4 Å². The molecule has 1 N–H and O–H groups in total. The molecule has 0 saturated heterocycles. The third-order valence-electron chi connectivity index (χ3n) is 2.95. The summed E-state index contributed by atoms with van der Waals surface area (Å²) in [5, 5.41) is 13.3. The van der Waals surface area contributed by atoms with Gasteiger partial charge in [0.15, 0.2) is 0 Å². The van der Waals surface area contributed by atoms with Gasteiger partial charge in [-0.05, 0) is 23.8 Å². The summed E-state index contributed by atoms with van der Waals surface area (Å²) < 4.78 is 0. The molecule has 0 aromatic heterocycles. The Morgan fingerprint density at radius 1 is 1.14 bits per heavy atom. The van der Waals surface area contributed by atoms with Crippen molar-refractivity contribution in [3.05, 3.63) is 70.3 Å². The van der Waals surface area contributed by atoms with E-state index >= 15 is 0 Å². The Labute approximate surface area is 132 Å². The fourth-order valence-corrected chi connectivity index (χ4v) is 2.68.